The fourth-order valence-electron chi connectivity index (χ4n) is 2.31. The van der Waals surface area contributed by atoms with Crippen LogP contribution in [0.4, 0.5) is 0 Å². The summed E-state index contributed by atoms with van der Waals surface area (Å²) in [5, 5.41) is 0. The fourth-order valence-corrected chi connectivity index (χ4v) is 2.31. The van der Waals surface area contributed by atoms with E-state index in [4.69, 9.17) is 34.2 Å². The summed E-state index contributed by atoms with van der Waals surface area (Å²) in [7, 11) is 0. The molecule has 0 aromatic heterocycles. The van der Waals surface area contributed by atoms with Crippen molar-refractivity contribution in [1.82, 2.24) is 0 Å². The summed E-state index contributed by atoms with van der Waals surface area (Å²) in [5.74, 6) is 0. The minimum absolute atomic E-state index is 0.539. The molecule has 162 valence electrons. The molecule has 0 amide bonds. The zero-order valence-electron chi connectivity index (χ0n) is 17.0. The number of aryl methyl sites for hydroxylation is 1. The van der Waals surface area contributed by atoms with E-state index in [-0.39, 0.29) is 0 Å². The molecule has 1 aromatic rings. The van der Waals surface area contributed by atoms with Crippen molar-refractivity contribution in [1.29, 1.82) is 0 Å². The standard InChI is InChI=1S/C21H37NO6/c22-8-10-24-12-14-26-16-18-28-20-19-27-17-15-25-13-11-23-9-4-7-21-5-2-1-3-6-21/h1-3,5-6H,4,7-20,22H2. The Bertz CT molecular complexity index is 421. The predicted octanol–water partition coefficient (Wildman–Crippen LogP) is 1.68. The van der Waals surface area contributed by atoms with Crippen molar-refractivity contribution in [3.8, 4) is 0 Å². The number of benzene rings is 1. The Morgan fingerprint density at radius 1 is 0.500 bits per heavy atom. The van der Waals surface area contributed by atoms with Crippen molar-refractivity contribution in [2.24, 2.45) is 5.73 Å². The maximum atomic E-state index is 5.56. The largest absolute Gasteiger partial charge is 0.379 e. The topological polar surface area (TPSA) is 81.4 Å². The molecule has 0 aliphatic rings. The van der Waals surface area contributed by atoms with Gasteiger partial charge in [0.05, 0.1) is 72.7 Å². The molecule has 0 saturated carbocycles. The predicted molar refractivity (Wildman–Crippen MR) is 109 cm³/mol. The number of ether oxygens (including phenoxy) is 6. The summed E-state index contributed by atoms with van der Waals surface area (Å²) in [6, 6.07) is 10.5. The monoisotopic (exact) mass is 399 g/mol. The molecule has 1 rings (SSSR count). The Kier molecular flexibility index (Phi) is 18.4. The van der Waals surface area contributed by atoms with Crippen LogP contribution in [0.2, 0.25) is 0 Å². The van der Waals surface area contributed by atoms with Gasteiger partial charge in [0.1, 0.15) is 0 Å². The highest BCUT2D eigenvalue weighted by molar-refractivity contribution is 5.14. The molecule has 0 spiro atoms. The minimum atomic E-state index is 0.539. The molecule has 7 heteroatoms. The Labute approximate surface area is 169 Å². The van der Waals surface area contributed by atoms with Gasteiger partial charge in [-0.1, -0.05) is 30.3 Å². The van der Waals surface area contributed by atoms with Gasteiger partial charge in [0.2, 0.25) is 0 Å². The molecule has 0 radical (unpaired) electrons. The third-order valence-corrected chi connectivity index (χ3v) is 3.72. The second-order valence-electron chi connectivity index (χ2n) is 6.05. The van der Waals surface area contributed by atoms with Crippen LogP contribution in [0.3, 0.4) is 0 Å². The summed E-state index contributed by atoms with van der Waals surface area (Å²) >= 11 is 0. The smallest absolute Gasteiger partial charge is 0.0701 e. The van der Waals surface area contributed by atoms with Gasteiger partial charge in [-0.2, -0.15) is 0 Å². The Morgan fingerprint density at radius 3 is 1.32 bits per heavy atom. The van der Waals surface area contributed by atoms with Gasteiger partial charge >= 0.3 is 0 Å². The van der Waals surface area contributed by atoms with E-state index in [1.54, 1.807) is 0 Å². The van der Waals surface area contributed by atoms with Crippen LogP contribution in [-0.4, -0.2) is 85.8 Å². The van der Waals surface area contributed by atoms with Gasteiger partial charge < -0.3 is 34.2 Å². The van der Waals surface area contributed by atoms with Crippen molar-refractivity contribution >= 4 is 0 Å². The van der Waals surface area contributed by atoms with Crippen LogP contribution in [0.25, 0.3) is 0 Å². The average Bonchev–Trinajstić information content (AvgIpc) is 2.73. The Hall–Kier alpha value is -1.06. The number of rotatable bonds is 21. The summed E-state index contributed by atoms with van der Waals surface area (Å²) in [6.07, 6.45) is 2.08. The molecular weight excluding hydrogens is 362 g/mol. The third-order valence-electron chi connectivity index (χ3n) is 3.72. The first-order chi connectivity index (χ1) is 13.9. The number of hydrogen-bond donors (Lipinski definition) is 1. The van der Waals surface area contributed by atoms with Crippen molar-refractivity contribution in [2.75, 3.05) is 85.8 Å². The summed E-state index contributed by atoms with van der Waals surface area (Å²) in [4.78, 5) is 0. The maximum absolute atomic E-state index is 5.56. The molecule has 0 atom stereocenters. The first-order valence-electron chi connectivity index (χ1n) is 10.1. The van der Waals surface area contributed by atoms with Crippen molar-refractivity contribution in [2.45, 2.75) is 12.8 Å². The van der Waals surface area contributed by atoms with Crippen LogP contribution in [0.5, 0.6) is 0 Å². The fraction of sp³-hybridized carbons (Fsp3) is 0.714. The molecule has 7 nitrogen and oxygen atoms in total. The molecule has 28 heavy (non-hydrogen) atoms. The van der Waals surface area contributed by atoms with Crippen LogP contribution in [0.15, 0.2) is 30.3 Å². The van der Waals surface area contributed by atoms with Gasteiger partial charge in [-0.15, -0.1) is 0 Å². The third kappa shape index (κ3) is 17.1. The average molecular weight is 400 g/mol. The molecule has 2 N–H and O–H groups in total. The van der Waals surface area contributed by atoms with E-state index in [1.165, 1.54) is 5.56 Å². The Balaban J connectivity index is 1.67. The van der Waals surface area contributed by atoms with E-state index in [0.29, 0.717) is 79.2 Å². The SMILES string of the molecule is NCCOCCOCCOCCOCCOCCOCCCc1ccccc1. The maximum Gasteiger partial charge on any atom is 0.0701 e. The molecule has 0 heterocycles. The van der Waals surface area contributed by atoms with Crippen LogP contribution in [0, 0.1) is 0 Å². The number of nitrogens with two attached hydrogens (primary N) is 1. The lowest BCUT2D eigenvalue weighted by molar-refractivity contribution is -0.0164. The van der Waals surface area contributed by atoms with Gasteiger partial charge in [0.15, 0.2) is 0 Å². The van der Waals surface area contributed by atoms with Crippen molar-refractivity contribution < 1.29 is 28.4 Å². The summed E-state index contributed by atoms with van der Waals surface area (Å²) in [5.41, 5.74) is 6.66. The van der Waals surface area contributed by atoms with Gasteiger partial charge in [-0.05, 0) is 18.4 Å². The van der Waals surface area contributed by atoms with E-state index in [9.17, 15) is 0 Å². The van der Waals surface area contributed by atoms with Crippen LogP contribution < -0.4 is 5.73 Å². The first-order valence-corrected chi connectivity index (χ1v) is 10.1. The van der Waals surface area contributed by atoms with Gasteiger partial charge in [-0.25, -0.2) is 0 Å². The van der Waals surface area contributed by atoms with E-state index in [2.05, 4.69) is 24.3 Å². The highest BCUT2D eigenvalue weighted by atomic mass is 16.6. The van der Waals surface area contributed by atoms with Crippen LogP contribution >= 0.6 is 0 Å². The van der Waals surface area contributed by atoms with Gasteiger partial charge in [0.25, 0.3) is 0 Å². The lowest BCUT2D eigenvalue weighted by Gasteiger charge is -2.08. The van der Waals surface area contributed by atoms with Crippen LogP contribution in [-0.2, 0) is 34.8 Å². The highest BCUT2D eigenvalue weighted by Gasteiger charge is 1.95. The molecule has 1 aromatic carbocycles. The van der Waals surface area contributed by atoms with Crippen molar-refractivity contribution in [3.63, 3.8) is 0 Å². The van der Waals surface area contributed by atoms with E-state index < -0.39 is 0 Å². The second-order valence-corrected chi connectivity index (χ2v) is 6.05. The molecular formula is C21H37NO6. The quantitative estimate of drug-likeness (QED) is 0.315. The van der Waals surface area contributed by atoms with Crippen LogP contribution in [0.1, 0.15) is 12.0 Å². The van der Waals surface area contributed by atoms with Crippen molar-refractivity contribution in [3.05, 3.63) is 35.9 Å². The van der Waals surface area contributed by atoms with Gasteiger partial charge in [0, 0.05) is 13.2 Å². The molecule has 0 aliphatic heterocycles. The van der Waals surface area contributed by atoms with Gasteiger partial charge in [-0.3, -0.25) is 0 Å². The van der Waals surface area contributed by atoms with E-state index in [0.717, 1.165) is 19.4 Å². The Morgan fingerprint density at radius 2 is 0.893 bits per heavy atom. The number of hydrogen-bond acceptors (Lipinski definition) is 7. The normalized spacial score (nSPS) is 11.2. The lowest BCUT2D eigenvalue weighted by Crippen LogP contribution is -2.15. The molecule has 0 fully saturated rings. The zero-order valence-corrected chi connectivity index (χ0v) is 17.0. The highest BCUT2D eigenvalue weighted by Crippen LogP contribution is 2.02. The molecule has 0 bridgehead atoms. The molecule has 0 aliphatic carbocycles. The summed E-state index contributed by atoms with van der Waals surface area (Å²) < 4.78 is 32.4. The van der Waals surface area contributed by atoms with E-state index >= 15 is 0 Å². The van der Waals surface area contributed by atoms with E-state index in [1.807, 2.05) is 6.07 Å². The summed E-state index contributed by atoms with van der Waals surface area (Å²) in [6.45, 7) is 7.57. The second kappa shape index (κ2) is 20.7. The zero-order chi connectivity index (χ0) is 20.0. The lowest BCUT2D eigenvalue weighted by atomic mass is 10.1. The molecule has 0 saturated heterocycles. The minimum Gasteiger partial charge on any atom is -0.379 e. The molecule has 0 unspecified atom stereocenters. The first kappa shape index (κ1) is 25.0.